The van der Waals surface area contributed by atoms with E-state index in [-0.39, 0.29) is 5.91 Å². The third-order valence-corrected chi connectivity index (χ3v) is 5.32. The van der Waals surface area contributed by atoms with Gasteiger partial charge in [0.1, 0.15) is 16.4 Å². The summed E-state index contributed by atoms with van der Waals surface area (Å²) in [6.07, 6.45) is 4.09. The van der Waals surface area contributed by atoms with Crippen molar-refractivity contribution in [3.63, 3.8) is 0 Å². The Morgan fingerprint density at radius 2 is 1.76 bits per heavy atom. The molecule has 1 heterocycles. The topological polar surface area (TPSA) is 42.4 Å². The van der Waals surface area contributed by atoms with Gasteiger partial charge in [-0.05, 0) is 49.2 Å². The summed E-state index contributed by atoms with van der Waals surface area (Å²) in [5, 5.41) is 1.09. The Labute approximate surface area is 150 Å². The average molecular weight is 350 g/mol. The van der Waals surface area contributed by atoms with Crippen LogP contribution < -0.4 is 9.64 Å². The lowest BCUT2D eigenvalue weighted by Gasteiger charge is -2.16. The Bertz CT molecular complexity index is 870. The number of carbonyl (C=O) groups excluding carboxylic acids is 1. The molecule has 5 heteroatoms. The number of aromatic nitrogens is 1. The Balaban J connectivity index is 1.45. The van der Waals surface area contributed by atoms with Gasteiger partial charge in [0.2, 0.25) is 0 Å². The number of amides is 1. The Kier molecular flexibility index (Phi) is 4.24. The third kappa shape index (κ3) is 3.56. The summed E-state index contributed by atoms with van der Waals surface area (Å²) in [6.45, 7) is 0. The van der Waals surface area contributed by atoms with Crippen LogP contribution in [0.5, 0.6) is 11.5 Å². The van der Waals surface area contributed by atoms with E-state index in [0.29, 0.717) is 10.8 Å². The average Bonchev–Trinajstić information content (AvgIpc) is 3.39. The van der Waals surface area contributed by atoms with Gasteiger partial charge in [-0.2, -0.15) is 0 Å². The fourth-order valence-corrected chi connectivity index (χ4v) is 3.61. The molecule has 0 aliphatic heterocycles. The SMILES string of the molecule is CN(C(=O)c1cnc(C2CC2)s1)c1ccc(Oc2ccccc2)cc1. The van der Waals surface area contributed by atoms with Gasteiger partial charge in [0.05, 0.1) is 11.2 Å². The molecule has 0 spiro atoms. The van der Waals surface area contributed by atoms with Gasteiger partial charge < -0.3 is 9.64 Å². The zero-order valence-electron chi connectivity index (χ0n) is 13.9. The molecule has 0 unspecified atom stereocenters. The van der Waals surface area contributed by atoms with E-state index < -0.39 is 0 Å². The summed E-state index contributed by atoms with van der Waals surface area (Å²) in [6, 6.07) is 17.1. The molecule has 0 atom stereocenters. The number of para-hydroxylation sites is 1. The van der Waals surface area contributed by atoms with Gasteiger partial charge in [-0.25, -0.2) is 4.98 Å². The highest BCUT2D eigenvalue weighted by atomic mass is 32.1. The molecule has 0 radical (unpaired) electrons. The molecule has 3 aromatic rings. The molecule has 1 aliphatic carbocycles. The van der Waals surface area contributed by atoms with Crippen LogP contribution in [0.3, 0.4) is 0 Å². The van der Waals surface area contributed by atoms with E-state index in [4.69, 9.17) is 4.74 Å². The van der Waals surface area contributed by atoms with Crippen LogP contribution in [0, 0.1) is 0 Å². The Morgan fingerprint density at radius 3 is 2.44 bits per heavy atom. The fourth-order valence-electron chi connectivity index (χ4n) is 2.55. The van der Waals surface area contributed by atoms with Crippen LogP contribution in [-0.2, 0) is 0 Å². The largest absolute Gasteiger partial charge is 0.457 e. The zero-order valence-corrected chi connectivity index (χ0v) is 14.7. The maximum absolute atomic E-state index is 12.6. The van der Waals surface area contributed by atoms with Crippen molar-refractivity contribution in [2.24, 2.45) is 0 Å². The molecule has 0 saturated heterocycles. The Morgan fingerprint density at radius 1 is 1.08 bits per heavy atom. The molecular weight excluding hydrogens is 332 g/mol. The highest BCUT2D eigenvalue weighted by molar-refractivity contribution is 7.13. The van der Waals surface area contributed by atoms with E-state index >= 15 is 0 Å². The third-order valence-electron chi connectivity index (χ3n) is 4.17. The highest BCUT2D eigenvalue weighted by Gasteiger charge is 2.28. The number of thiazole rings is 1. The molecule has 1 saturated carbocycles. The van der Waals surface area contributed by atoms with Crippen molar-refractivity contribution < 1.29 is 9.53 Å². The van der Waals surface area contributed by atoms with Gasteiger partial charge in [0, 0.05) is 18.7 Å². The van der Waals surface area contributed by atoms with Crippen LogP contribution in [0.1, 0.15) is 33.4 Å². The number of hydrogen-bond donors (Lipinski definition) is 0. The highest BCUT2D eigenvalue weighted by Crippen LogP contribution is 2.42. The fraction of sp³-hybridized carbons (Fsp3) is 0.200. The lowest BCUT2D eigenvalue weighted by atomic mass is 10.2. The summed E-state index contributed by atoms with van der Waals surface area (Å²) in [5.41, 5.74) is 0.826. The van der Waals surface area contributed by atoms with Crippen molar-refractivity contribution in [2.75, 3.05) is 11.9 Å². The van der Waals surface area contributed by atoms with Crippen LogP contribution in [0.2, 0.25) is 0 Å². The van der Waals surface area contributed by atoms with Crippen LogP contribution in [0.15, 0.2) is 60.8 Å². The van der Waals surface area contributed by atoms with Crippen molar-refractivity contribution in [3.8, 4) is 11.5 Å². The second kappa shape index (κ2) is 6.69. The molecular formula is C20H18N2O2S. The molecule has 1 aromatic heterocycles. The predicted molar refractivity (Wildman–Crippen MR) is 99.8 cm³/mol. The summed E-state index contributed by atoms with van der Waals surface area (Å²) >= 11 is 1.51. The molecule has 126 valence electrons. The zero-order chi connectivity index (χ0) is 17.2. The molecule has 4 nitrogen and oxygen atoms in total. The van der Waals surface area contributed by atoms with Crippen LogP contribution in [0.25, 0.3) is 0 Å². The number of benzene rings is 2. The van der Waals surface area contributed by atoms with E-state index in [2.05, 4.69) is 4.98 Å². The van der Waals surface area contributed by atoms with Crippen molar-refractivity contribution in [1.82, 2.24) is 4.98 Å². The number of anilines is 1. The Hall–Kier alpha value is -2.66. The first kappa shape index (κ1) is 15.8. The molecule has 2 aromatic carbocycles. The molecule has 4 rings (SSSR count). The lowest BCUT2D eigenvalue weighted by molar-refractivity contribution is 0.0996. The smallest absolute Gasteiger partial charge is 0.269 e. The number of carbonyl (C=O) groups is 1. The van der Waals surface area contributed by atoms with Gasteiger partial charge in [0.25, 0.3) is 5.91 Å². The summed E-state index contributed by atoms with van der Waals surface area (Å²) in [7, 11) is 1.78. The van der Waals surface area contributed by atoms with E-state index in [1.807, 2.05) is 54.6 Å². The molecule has 1 amide bonds. The number of ether oxygens (including phenoxy) is 1. The summed E-state index contributed by atoms with van der Waals surface area (Å²) in [5.74, 6) is 2.08. The molecule has 1 aliphatic rings. The first-order chi connectivity index (χ1) is 12.2. The monoisotopic (exact) mass is 350 g/mol. The van der Waals surface area contributed by atoms with E-state index in [0.717, 1.165) is 22.2 Å². The van der Waals surface area contributed by atoms with Crippen molar-refractivity contribution in [3.05, 3.63) is 70.7 Å². The molecule has 0 bridgehead atoms. The van der Waals surface area contributed by atoms with E-state index in [9.17, 15) is 4.79 Å². The van der Waals surface area contributed by atoms with Crippen LogP contribution >= 0.6 is 11.3 Å². The van der Waals surface area contributed by atoms with E-state index in [1.54, 1.807) is 18.1 Å². The van der Waals surface area contributed by atoms with Crippen molar-refractivity contribution in [1.29, 1.82) is 0 Å². The lowest BCUT2D eigenvalue weighted by Crippen LogP contribution is -2.25. The van der Waals surface area contributed by atoms with Crippen molar-refractivity contribution >= 4 is 22.9 Å². The van der Waals surface area contributed by atoms with Gasteiger partial charge in [-0.15, -0.1) is 11.3 Å². The number of nitrogens with zero attached hydrogens (tertiary/aromatic N) is 2. The minimum Gasteiger partial charge on any atom is -0.457 e. The van der Waals surface area contributed by atoms with Crippen LogP contribution in [0.4, 0.5) is 5.69 Å². The van der Waals surface area contributed by atoms with E-state index in [1.165, 1.54) is 24.2 Å². The second-order valence-corrected chi connectivity index (χ2v) is 7.17. The van der Waals surface area contributed by atoms with Gasteiger partial charge in [-0.1, -0.05) is 18.2 Å². The first-order valence-electron chi connectivity index (χ1n) is 8.27. The maximum atomic E-state index is 12.6. The summed E-state index contributed by atoms with van der Waals surface area (Å²) < 4.78 is 5.78. The summed E-state index contributed by atoms with van der Waals surface area (Å²) in [4.78, 5) is 19.4. The minimum atomic E-state index is -0.0267. The maximum Gasteiger partial charge on any atom is 0.269 e. The molecule has 25 heavy (non-hydrogen) atoms. The van der Waals surface area contributed by atoms with Gasteiger partial charge in [-0.3, -0.25) is 4.79 Å². The first-order valence-corrected chi connectivity index (χ1v) is 9.09. The normalized spacial score (nSPS) is 13.5. The molecule has 1 fully saturated rings. The number of rotatable bonds is 5. The second-order valence-electron chi connectivity index (χ2n) is 6.11. The minimum absolute atomic E-state index is 0.0267. The molecule has 0 N–H and O–H groups in total. The number of hydrogen-bond acceptors (Lipinski definition) is 4. The quantitative estimate of drug-likeness (QED) is 0.644. The standard InChI is InChI=1S/C20H18N2O2S/c1-22(20(23)18-13-21-19(25-18)14-7-8-14)15-9-11-17(12-10-15)24-16-5-3-2-4-6-16/h2-6,9-14H,7-8H2,1H3. The van der Waals surface area contributed by atoms with Gasteiger partial charge >= 0.3 is 0 Å². The van der Waals surface area contributed by atoms with Gasteiger partial charge in [0.15, 0.2) is 0 Å². The van der Waals surface area contributed by atoms with Crippen LogP contribution in [-0.4, -0.2) is 17.9 Å². The predicted octanol–water partition coefficient (Wildman–Crippen LogP) is 5.09. The van der Waals surface area contributed by atoms with Crippen molar-refractivity contribution in [2.45, 2.75) is 18.8 Å².